The van der Waals surface area contributed by atoms with Crippen LogP contribution in [0.1, 0.15) is 18.8 Å². The molecule has 3 heteroatoms. The summed E-state index contributed by atoms with van der Waals surface area (Å²) < 4.78 is 2.20. The van der Waals surface area contributed by atoms with E-state index in [0.29, 0.717) is 0 Å². The molecule has 74 valence electrons. The standard InChI is InChI=1S/C11H15N3/c1-8-7-10-5-4-6-13-11(10)14(8)9(2)12-3/h4-7,9,12H,1-3H3. The number of nitrogens with zero attached hydrogens (tertiary/aromatic N) is 2. The molecule has 3 nitrogen and oxygen atoms in total. The lowest BCUT2D eigenvalue weighted by Gasteiger charge is -2.15. The molecule has 0 fully saturated rings. The highest BCUT2D eigenvalue weighted by atomic mass is 15.2. The minimum atomic E-state index is 0.280. The van der Waals surface area contributed by atoms with Gasteiger partial charge in [-0.1, -0.05) is 0 Å². The predicted octanol–water partition coefficient (Wildman–Crippen LogP) is 2.08. The van der Waals surface area contributed by atoms with E-state index in [1.807, 2.05) is 19.3 Å². The minimum Gasteiger partial charge on any atom is -0.314 e. The van der Waals surface area contributed by atoms with Crippen LogP contribution in [0.3, 0.4) is 0 Å². The van der Waals surface area contributed by atoms with Crippen LogP contribution in [0.15, 0.2) is 24.4 Å². The first-order valence-corrected chi connectivity index (χ1v) is 4.84. The van der Waals surface area contributed by atoms with Crippen LogP contribution in [0.4, 0.5) is 0 Å². The molecule has 1 atom stereocenters. The molecule has 2 aromatic rings. The molecule has 0 radical (unpaired) electrons. The summed E-state index contributed by atoms with van der Waals surface area (Å²) in [6, 6.07) is 6.22. The van der Waals surface area contributed by atoms with Crippen LogP contribution in [0.25, 0.3) is 11.0 Å². The van der Waals surface area contributed by atoms with E-state index in [2.05, 4.69) is 40.8 Å². The van der Waals surface area contributed by atoms with Crippen LogP contribution in [0, 0.1) is 6.92 Å². The van der Waals surface area contributed by atoms with Crippen molar-refractivity contribution in [3.05, 3.63) is 30.1 Å². The monoisotopic (exact) mass is 189 g/mol. The van der Waals surface area contributed by atoms with Gasteiger partial charge in [0.05, 0.1) is 6.17 Å². The molecule has 0 aliphatic rings. The van der Waals surface area contributed by atoms with Crippen molar-refractivity contribution in [1.82, 2.24) is 14.9 Å². The molecule has 2 heterocycles. The van der Waals surface area contributed by atoms with Crippen molar-refractivity contribution in [1.29, 1.82) is 0 Å². The van der Waals surface area contributed by atoms with Gasteiger partial charge >= 0.3 is 0 Å². The Morgan fingerprint density at radius 2 is 2.29 bits per heavy atom. The van der Waals surface area contributed by atoms with E-state index in [4.69, 9.17) is 0 Å². The third kappa shape index (κ3) is 1.30. The van der Waals surface area contributed by atoms with Crippen LogP contribution in [-0.2, 0) is 0 Å². The number of nitrogens with one attached hydrogen (secondary N) is 1. The minimum absolute atomic E-state index is 0.280. The number of hydrogen-bond acceptors (Lipinski definition) is 2. The van der Waals surface area contributed by atoms with Crippen molar-refractivity contribution in [2.24, 2.45) is 0 Å². The quantitative estimate of drug-likeness (QED) is 0.784. The topological polar surface area (TPSA) is 29.9 Å². The largest absolute Gasteiger partial charge is 0.314 e. The van der Waals surface area contributed by atoms with E-state index in [1.54, 1.807) is 0 Å². The second kappa shape index (κ2) is 3.42. The van der Waals surface area contributed by atoms with Gasteiger partial charge in [0.1, 0.15) is 5.65 Å². The Bertz CT molecular complexity index is 445. The van der Waals surface area contributed by atoms with Crippen LogP contribution in [0.2, 0.25) is 0 Å². The molecule has 2 rings (SSSR count). The SMILES string of the molecule is CNC(C)n1c(C)cc2cccnc21. The van der Waals surface area contributed by atoms with Crippen LogP contribution < -0.4 is 5.32 Å². The Morgan fingerprint density at radius 1 is 1.50 bits per heavy atom. The van der Waals surface area contributed by atoms with Crippen molar-refractivity contribution in [2.45, 2.75) is 20.0 Å². The molecule has 0 spiro atoms. The average Bonchev–Trinajstić information content (AvgIpc) is 2.53. The van der Waals surface area contributed by atoms with Crippen LogP contribution >= 0.6 is 0 Å². The van der Waals surface area contributed by atoms with Gasteiger partial charge in [-0.25, -0.2) is 4.98 Å². The van der Waals surface area contributed by atoms with Gasteiger partial charge in [-0.15, -0.1) is 0 Å². The first-order valence-electron chi connectivity index (χ1n) is 4.84. The lowest BCUT2D eigenvalue weighted by atomic mass is 10.3. The Labute approximate surface area is 83.8 Å². The van der Waals surface area contributed by atoms with Gasteiger partial charge in [0, 0.05) is 17.3 Å². The maximum Gasteiger partial charge on any atom is 0.141 e. The van der Waals surface area contributed by atoms with E-state index >= 15 is 0 Å². The van der Waals surface area contributed by atoms with E-state index in [9.17, 15) is 0 Å². The Balaban J connectivity index is 2.67. The maximum atomic E-state index is 4.39. The van der Waals surface area contributed by atoms with Crippen molar-refractivity contribution in [3.63, 3.8) is 0 Å². The molecule has 0 saturated heterocycles. The molecule has 1 unspecified atom stereocenters. The van der Waals surface area contributed by atoms with Gasteiger partial charge < -0.3 is 9.88 Å². The molecular formula is C11H15N3. The first-order chi connectivity index (χ1) is 6.74. The molecule has 0 saturated carbocycles. The predicted molar refractivity (Wildman–Crippen MR) is 58.2 cm³/mol. The second-order valence-electron chi connectivity index (χ2n) is 3.54. The fourth-order valence-electron chi connectivity index (χ4n) is 1.80. The summed E-state index contributed by atoms with van der Waals surface area (Å²) in [6.07, 6.45) is 2.11. The normalized spacial score (nSPS) is 13.4. The summed E-state index contributed by atoms with van der Waals surface area (Å²) in [4.78, 5) is 4.39. The van der Waals surface area contributed by atoms with Crippen LogP contribution in [0.5, 0.6) is 0 Å². The van der Waals surface area contributed by atoms with Crippen molar-refractivity contribution in [2.75, 3.05) is 7.05 Å². The summed E-state index contributed by atoms with van der Waals surface area (Å²) >= 11 is 0. The molecule has 0 aliphatic heterocycles. The van der Waals surface area contributed by atoms with Crippen molar-refractivity contribution >= 4 is 11.0 Å². The maximum absolute atomic E-state index is 4.39. The Morgan fingerprint density at radius 3 is 3.00 bits per heavy atom. The fraction of sp³-hybridized carbons (Fsp3) is 0.364. The number of fused-ring (bicyclic) bond motifs is 1. The molecule has 0 aromatic carbocycles. The van der Waals surface area contributed by atoms with Gasteiger partial charge in [-0.3, -0.25) is 0 Å². The summed E-state index contributed by atoms with van der Waals surface area (Å²) in [5.74, 6) is 0. The van der Waals surface area contributed by atoms with E-state index in [0.717, 1.165) is 5.65 Å². The molecule has 2 aromatic heterocycles. The molecule has 0 bridgehead atoms. The zero-order valence-corrected chi connectivity index (χ0v) is 8.78. The second-order valence-corrected chi connectivity index (χ2v) is 3.54. The number of aryl methyl sites for hydroxylation is 1. The third-order valence-corrected chi connectivity index (χ3v) is 2.59. The van der Waals surface area contributed by atoms with Gasteiger partial charge in [-0.05, 0) is 39.1 Å². The number of pyridine rings is 1. The van der Waals surface area contributed by atoms with E-state index in [1.165, 1.54) is 11.1 Å². The molecule has 0 aliphatic carbocycles. The number of aromatic nitrogens is 2. The molecule has 0 amide bonds. The molecular weight excluding hydrogens is 174 g/mol. The van der Waals surface area contributed by atoms with Gasteiger partial charge in [0.25, 0.3) is 0 Å². The zero-order chi connectivity index (χ0) is 10.1. The first kappa shape index (κ1) is 9.21. The lowest BCUT2D eigenvalue weighted by Crippen LogP contribution is -2.20. The summed E-state index contributed by atoms with van der Waals surface area (Å²) in [6.45, 7) is 4.23. The molecule has 1 N–H and O–H groups in total. The third-order valence-electron chi connectivity index (χ3n) is 2.59. The Hall–Kier alpha value is -1.35. The lowest BCUT2D eigenvalue weighted by molar-refractivity contribution is 0.480. The zero-order valence-electron chi connectivity index (χ0n) is 8.78. The van der Waals surface area contributed by atoms with Crippen molar-refractivity contribution < 1.29 is 0 Å². The van der Waals surface area contributed by atoms with E-state index < -0.39 is 0 Å². The van der Waals surface area contributed by atoms with Gasteiger partial charge in [-0.2, -0.15) is 0 Å². The smallest absolute Gasteiger partial charge is 0.141 e. The highest BCUT2D eigenvalue weighted by Crippen LogP contribution is 2.19. The molecule has 14 heavy (non-hydrogen) atoms. The summed E-state index contributed by atoms with van der Waals surface area (Å²) in [5.41, 5.74) is 2.28. The van der Waals surface area contributed by atoms with Crippen molar-refractivity contribution in [3.8, 4) is 0 Å². The fourth-order valence-corrected chi connectivity index (χ4v) is 1.80. The highest BCUT2D eigenvalue weighted by molar-refractivity contribution is 5.77. The number of hydrogen-bond donors (Lipinski definition) is 1. The van der Waals surface area contributed by atoms with Gasteiger partial charge in [0.2, 0.25) is 0 Å². The average molecular weight is 189 g/mol. The van der Waals surface area contributed by atoms with Crippen LogP contribution in [-0.4, -0.2) is 16.6 Å². The van der Waals surface area contributed by atoms with E-state index in [-0.39, 0.29) is 6.17 Å². The van der Waals surface area contributed by atoms with Gasteiger partial charge in [0.15, 0.2) is 0 Å². The Kier molecular flexibility index (Phi) is 2.25. The highest BCUT2D eigenvalue weighted by Gasteiger charge is 2.09. The summed E-state index contributed by atoms with van der Waals surface area (Å²) in [5, 5.41) is 4.42. The summed E-state index contributed by atoms with van der Waals surface area (Å²) in [7, 11) is 1.96. The number of rotatable bonds is 2.